The number of halogens is 6. The van der Waals surface area contributed by atoms with E-state index in [9.17, 15) is 26.7 Å². The van der Waals surface area contributed by atoms with Crippen LogP contribution in [0.4, 0.5) is 22.0 Å². The van der Waals surface area contributed by atoms with Gasteiger partial charge in [0.05, 0.1) is 24.3 Å². The molecule has 0 radical (unpaired) electrons. The minimum Gasteiger partial charge on any atom is -0.494 e. The fourth-order valence-electron chi connectivity index (χ4n) is 3.39. The van der Waals surface area contributed by atoms with E-state index in [-0.39, 0.29) is 16.8 Å². The molecule has 1 aromatic heterocycles. The third-order valence-corrected chi connectivity index (χ3v) is 5.51. The van der Waals surface area contributed by atoms with Crippen molar-refractivity contribution in [1.82, 2.24) is 4.68 Å². The van der Waals surface area contributed by atoms with Crippen molar-refractivity contribution in [2.75, 3.05) is 19.1 Å². The molecule has 31 heavy (non-hydrogen) atoms. The van der Waals surface area contributed by atoms with Crippen molar-refractivity contribution in [1.29, 1.82) is 0 Å². The number of benzene rings is 2. The van der Waals surface area contributed by atoms with Gasteiger partial charge in [0.2, 0.25) is 5.60 Å². The molecule has 0 bridgehead atoms. The van der Waals surface area contributed by atoms with Gasteiger partial charge in [-0.05, 0) is 24.3 Å². The highest BCUT2D eigenvalue weighted by Crippen LogP contribution is 2.53. The molecule has 1 saturated heterocycles. The van der Waals surface area contributed by atoms with Gasteiger partial charge in [0.25, 0.3) is 5.56 Å². The lowest BCUT2D eigenvalue weighted by Crippen LogP contribution is -2.46. The van der Waals surface area contributed by atoms with Gasteiger partial charge in [0, 0.05) is 23.1 Å². The van der Waals surface area contributed by atoms with E-state index in [4.69, 9.17) is 21.1 Å². The molecule has 2 heterocycles. The van der Waals surface area contributed by atoms with E-state index < -0.39 is 46.6 Å². The Morgan fingerprint density at radius 2 is 1.87 bits per heavy atom. The zero-order chi connectivity index (χ0) is 22.6. The third-order valence-electron chi connectivity index (χ3n) is 5.13. The summed E-state index contributed by atoms with van der Waals surface area (Å²) in [5.41, 5.74) is -1.40. The lowest BCUT2D eigenvalue weighted by atomic mass is 9.93. The molecule has 2 atom stereocenters. The van der Waals surface area contributed by atoms with Gasteiger partial charge in [-0.1, -0.05) is 17.7 Å². The van der Waals surface area contributed by atoms with Crippen LogP contribution in [0, 0.1) is 11.6 Å². The average Bonchev–Trinajstić information content (AvgIpc) is 3.52. The summed E-state index contributed by atoms with van der Waals surface area (Å²) in [7, 11) is 1.18. The molecule has 0 saturated carbocycles. The lowest BCUT2D eigenvalue weighted by Gasteiger charge is -2.30. The normalized spacial score (nSPS) is 19.3. The minimum absolute atomic E-state index is 0.0134. The van der Waals surface area contributed by atoms with Gasteiger partial charge in [-0.25, -0.2) is 13.5 Å². The predicted molar refractivity (Wildman–Crippen MR) is 103 cm³/mol. The number of epoxide rings is 1. The molecule has 1 N–H and O–H groups in total. The number of fused-ring (bicyclic) bond motifs is 1. The Kier molecular flexibility index (Phi) is 5.09. The lowest BCUT2D eigenvalue weighted by molar-refractivity contribution is -0.189. The minimum atomic E-state index is -4.89. The monoisotopic (exact) mass is 460 g/mol. The second-order valence-electron chi connectivity index (χ2n) is 6.93. The van der Waals surface area contributed by atoms with Crippen molar-refractivity contribution < 1.29 is 31.4 Å². The number of hydrogen-bond acceptors (Lipinski definition) is 4. The number of alkyl halides is 3. The molecule has 0 spiro atoms. The Labute approximate surface area is 176 Å². The van der Waals surface area contributed by atoms with E-state index in [1.807, 2.05) is 0 Å². The highest BCUT2D eigenvalue weighted by Gasteiger charge is 2.71. The Bertz CT molecular complexity index is 1220. The van der Waals surface area contributed by atoms with Gasteiger partial charge in [0.1, 0.15) is 11.9 Å². The first kappa shape index (κ1) is 21.4. The average molecular weight is 461 g/mol. The molecular formula is C20H14ClF5N2O3. The Hall–Kier alpha value is -2.85. The number of ether oxygens (including phenoxy) is 2. The molecule has 1 fully saturated rings. The van der Waals surface area contributed by atoms with Crippen molar-refractivity contribution in [2.45, 2.75) is 17.8 Å². The van der Waals surface area contributed by atoms with Crippen LogP contribution in [0.5, 0.6) is 5.75 Å². The summed E-state index contributed by atoms with van der Waals surface area (Å²) in [6.07, 6.45) is -4.89. The molecule has 5 nitrogen and oxygen atoms in total. The molecule has 3 aromatic rings. The fraction of sp³-hybridized carbons (Fsp3) is 0.250. The predicted octanol–water partition coefficient (Wildman–Crippen LogP) is 4.56. The van der Waals surface area contributed by atoms with Crippen LogP contribution < -0.4 is 15.7 Å². The summed E-state index contributed by atoms with van der Waals surface area (Å²) in [6, 6.07) is 6.44. The highest BCUT2D eigenvalue weighted by atomic mass is 35.5. The van der Waals surface area contributed by atoms with E-state index in [0.29, 0.717) is 5.39 Å². The van der Waals surface area contributed by atoms with Crippen molar-refractivity contribution in [3.63, 3.8) is 0 Å². The molecular weight excluding hydrogens is 447 g/mol. The number of rotatable bonds is 5. The number of nitrogens with zero attached hydrogens (tertiary/aromatic N) is 1. The molecule has 4 rings (SSSR count). The van der Waals surface area contributed by atoms with Gasteiger partial charge in [0.15, 0.2) is 11.6 Å². The molecule has 2 aromatic carbocycles. The van der Waals surface area contributed by atoms with E-state index in [2.05, 4.69) is 5.43 Å². The summed E-state index contributed by atoms with van der Waals surface area (Å²) < 4.78 is 80.4. The van der Waals surface area contributed by atoms with E-state index in [1.54, 1.807) is 0 Å². The first-order valence-corrected chi connectivity index (χ1v) is 9.27. The Balaban J connectivity index is 1.92. The smallest absolute Gasteiger partial charge is 0.422 e. The summed E-state index contributed by atoms with van der Waals surface area (Å²) in [6.45, 7) is -0.744. The zero-order valence-corrected chi connectivity index (χ0v) is 16.5. The van der Waals surface area contributed by atoms with Crippen LogP contribution >= 0.6 is 11.6 Å². The maximum absolute atomic E-state index is 14.5. The van der Waals surface area contributed by atoms with Crippen LogP contribution in [-0.2, 0) is 4.74 Å². The number of pyridine rings is 1. The number of nitrogens with one attached hydrogen (secondary N) is 1. The molecule has 2 unspecified atom stereocenters. The van der Waals surface area contributed by atoms with Gasteiger partial charge >= 0.3 is 6.18 Å². The molecule has 1 aliphatic rings. The number of aromatic nitrogens is 1. The molecule has 11 heteroatoms. The topological polar surface area (TPSA) is 55.8 Å². The van der Waals surface area contributed by atoms with Crippen LogP contribution in [0.2, 0.25) is 5.02 Å². The number of methoxy groups -OCH3 is 1. The third kappa shape index (κ3) is 3.49. The second kappa shape index (κ2) is 7.38. The molecule has 164 valence electrons. The quantitative estimate of drug-likeness (QED) is 0.448. The standard InChI is InChI=1S/C20H14ClF5N2O3/c1-30-14-6-5-12(16(21)17(14)23)18(19(9-31-19)20(24,25)26)27-28-13-8-11(22)4-2-10(13)3-7-15(28)29/h2-8,18,27H,9H2,1H3. The summed E-state index contributed by atoms with van der Waals surface area (Å²) in [5.74, 6) is -2.04. The van der Waals surface area contributed by atoms with Crippen LogP contribution in [-0.4, -0.2) is 30.2 Å². The SMILES string of the molecule is COc1ccc(C(Nn2c(=O)ccc3ccc(F)cc32)C2(C(F)(F)F)CO2)c(Cl)c1F. The summed E-state index contributed by atoms with van der Waals surface area (Å²) in [4.78, 5) is 12.5. The zero-order valence-electron chi connectivity index (χ0n) is 15.8. The van der Waals surface area contributed by atoms with Gasteiger partial charge in [-0.15, -0.1) is 0 Å². The number of hydrogen-bond donors (Lipinski definition) is 1. The largest absolute Gasteiger partial charge is 0.494 e. The van der Waals surface area contributed by atoms with Crippen LogP contribution in [0.1, 0.15) is 11.6 Å². The Morgan fingerprint density at radius 1 is 1.19 bits per heavy atom. The van der Waals surface area contributed by atoms with E-state index in [1.165, 1.54) is 19.2 Å². The summed E-state index contributed by atoms with van der Waals surface area (Å²) >= 11 is 6.04. The maximum atomic E-state index is 14.5. The van der Waals surface area contributed by atoms with Crippen LogP contribution in [0.15, 0.2) is 47.3 Å². The van der Waals surface area contributed by atoms with Gasteiger partial charge < -0.3 is 14.9 Å². The molecule has 1 aliphatic heterocycles. The van der Waals surface area contributed by atoms with Crippen LogP contribution in [0.3, 0.4) is 0 Å². The Morgan fingerprint density at radius 3 is 2.48 bits per heavy atom. The summed E-state index contributed by atoms with van der Waals surface area (Å²) in [5, 5.41) is -0.243. The first-order chi connectivity index (χ1) is 14.6. The van der Waals surface area contributed by atoms with Gasteiger partial charge in [-0.2, -0.15) is 13.2 Å². The van der Waals surface area contributed by atoms with Crippen molar-refractivity contribution in [3.05, 3.63) is 75.0 Å². The van der Waals surface area contributed by atoms with Crippen molar-refractivity contribution in [2.24, 2.45) is 0 Å². The van der Waals surface area contributed by atoms with Crippen molar-refractivity contribution in [3.8, 4) is 5.75 Å². The maximum Gasteiger partial charge on any atom is 0.422 e. The second-order valence-corrected chi connectivity index (χ2v) is 7.31. The van der Waals surface area contributed by atoms with Crippen molar-refractivity contribution >= 4 is 22.5 Å². The van der Waals surface area contributed by atoms with E-state index in [0.717, 1.165) is 35.0 Å². The van der Waals surface area contributed by atoms with E-state index >= 15 is 0 Å². The van der Waals surface area contributed by atoms with Gasteiger partial charge in [-0.3, -0.25) is 4.79 Å². The molecule has 0 aliphatic carbocycles. The van der Waals surface area contributed by atoms with Crippen LogP contribution in [0.25, 0.3) is 10.9 Å². The highest BCUT2D eigenvalue weighted by molar-refractivity contribution is 6.31. The fourth-order valence-corrected chi connectivity index (χ4v) is 3.66. The molecule has 0 amide bonds. The first-order valence-electron chi connectivity index (χ1n) is 8.89.